The number of amides is 1. The third-order valence-electron chi connectivity index (χ3n) is 0.532. The van der Waals surface area contributed by atoms with Crippen LogP contribution in [-0.4, -0.2) is 18.6 Å². The first-order valence-corrected chi connectivity index (χ1v) is 1.79. The SMILES string of the molecule is Cl.NC(=O)C(N)CF. The molecule has 1 atom stereocenters. The predicted octanol–water partition coefficient (Wildman–Crippen LogP) is -0.810. The molecule has 0 bridgehead atoms. The molecule has 1 unspecified atom stereocenters. The molecule has 0 rings (SSSR count). The van der Waals surface area contributed by atoms with Crippen LogP contribution in [0.1, 0.15) is 0 Å². The maximum atomic E-state index is 11.2. The zero-order chi connectivity index (χ0) is 5.86. The van der Waals surface area contributed by atoms with Crippen molar-refractivity contribution in [1.29, 1.82) is 0 Å². The lowest BCUT2D eigenvalue weighted by Gasteiger charge is -1.96. The van der Waals surface area contributed by atoms with E-state index in [4.69, 9.17) is 5.73 Å². The number of hydrogen-bond donors (Lipinski definition) is 2. The van der Waals surface area contributed by atoms with Crippen molar-refractivity contribution in [3.63, 3.8) is 0 Å². The van der Waals surface area contributed by atoms with Crippen molar-refractivity contribution in [3.05, 3.63) is 0 Å². The number of hydrogen-bond acceptors (Lipinski definition) is 2. The lowest BCUT2D eigenvalue weighted by atomic mass is 10.3. The van der Waals surface area contributed by atoms with Crippen LogP contribution in [-0.2, 0) is 4.79 Å². The van der Waals surface area contributed by atoms with E-state index in [0.29, 0.717) is 0 Å². The average molecular weight is 143 g/mol. The van der Waals surface area contributed by atoms with Crippen LogP contribution in [0, 0.1) is 0 Å². The zero-order valence-electron chi connectivity index (χ0n) is 4.13. The minimum Gasteiger partial charge on any atom is -0.368 e. The lowest BCUT2D eigenvalue weighted by Crippen LogP contribution is -2.37. The zero-order valence-corrected chi connectivity index (χ0v) is 4.95. The molecule has 8 heavy (non-hydrogen) atoms. The molecule has 0 fully saturated rings. The highest BCUT2D eigenvalue weighted by Gasteiger charge is 2.05. The molecule has 0 saturated carbocycles. The van der Waals surface area contributed by atoms with Crippen molar-refractivity contribution >= 4 is 18.3 Å². The van der Waals surface area contributed by atoms with E-state index in [1.807, 2.05) is 0 Å². The summed E-state index contributed by atoms with van der Waals surface area (Å²) >= 11 is 0. The molecule has 50 valence electrons. The van der Waals surface area contributed by atoms with Gasteiger partial charge in [-0.1, -0.05) is 0 Å². The smallest absolute Gasteiger partial charge is 0.237 e. The van der Waals surface area contributed by atoms with Crippen LogP contribution in [0.4, 0.5) is 4.39 Å². The Morgan fingerprint density at radius 2 is 2.12 bits per heavy atom. The molecule has 0 radical (unpaired) electrons. The van der Waals surface area contributed by atoms with Crippen LogP contribution in [0.15, 0.2) is 0 Å². The van der Waals surface area contributed by atoms with E-state index in [-0.39, 0.29) is 12.4 Å². The third-order valence-corrected chi connectivity index (χ3v) is 0.532. The normalized spacial score (nSPS) is 11.8. The summed E-state index contributed by atoms with van der Waals surface area (Å²) < 4.78 is 11.2. The third kappa shape index (κ3) is 3.83. The largest absolute Gasteiger partial charge is 0.368 e. The van der Waals surface area contributed by atoms with E-state index in [1.165, 1.54) is 0 Å². The summed E-state index contributed by atoms with van der Waals surface area (Å²) in [5, 5.41) is 0. The summed E-state index contributed by atoms with van der Waals surface area (Å²) in [6, 6.07) is -1.13. The van der Waals surface area contributed by atoms with E-state index in [9.17, 15) is 9.18 Å². The molecule has 0 aromatic rings. The van der Waals surface area contributed by atoms with Gasteiger partial charge in [-0.15, -0.1) is 12.4 Å². The lowest BCUT2D eigenvalue weighted by molar-refractivity contribution is -0.119. The van der Waals surface area contributed by atoms with Crippen LogP contribution >= 0.6 is 12.4 Å². The first-order chi connectivity index (χ1) is 3.18. The maximum absolute atomic E-state index is 11.2. The van der Waals surface area contributed by atoms with E-state index >= 15 is 0 Å². The molecule has 4 N–H and O–H groups in total. The number of alkyl halides is 1. The van der Waals surface area contributed by atoms with E-state index in [1.54, 1.807) is 0 Å². The molecule has 3 nitrogen and oxygen atoms in total. The molecular weight excluding hydrogens is 134 g/mol. The van der Waals surface area contributed by atoms with Gasteiger partial charge in [-0.2, -0.15) is 0 Å². The monoisotopic (exact) mass is 142 g/mol. The number of carbonyl (C=O) groups is 1. The van der Waals surface area contributed by atoms with Gasteiger partial charge in [0.1, 0.15) is 12.7 Å². The van der Waals surface area contributed by atoms with E-state index in [2.05, 4.69) is 5.73 Å². The molecular formula is C3H8ClFN2O. The van der Waals surface area contributed by atoms with Gasteiger partial charge >= 0.3 is 0 Å². The quantitative estimate of drug-likeness (QED) is 0.530. The summed E-state index contributed by atoms with van der Waals surface area (Å²) in [6.07, 6.45) is 0. The van der Waals surface area contributed by atoms with Gasteiger partial charge in [0, 0.05) is 0 Å². The topological polar surface area (TPSA) is 69.1 Å². The van der Waals surface area contributed by atoms with E-state index in [0.717, 1.165) is 0 Å². The standard InChI is InChI=1S/C3H7FN2O.ClH/c4-1-2(5)3(6)7;/h2H,1,5H2,(H2,6,7);1H. The Labute approximate surface area is 52.6 Å². The van der Waals surface area contributed by atoms with Gasteiger partial charge in [0.15, 0.2) is 0 Å². The Kier molecular flexibility index (Phi) is 6.36. The van der Waals surface area contributed by atoms with Crippen LogP contribution < -0.4 is 11.5 Å². The van der Waals surface area contributed by atoms with Crippen molar-refractivity contribution in [2.45, 2.75) is 6.04 Å². The summed E-state index contributed by atoms with van der Waals surface area (Å²) in [6.45, 7) is -0.880. The van der Waals surface area contributed by atoms with Crippen molar-refractivity contribution in [2.75, 3.05) is 6.67 Å². The Balaban J connectivity index is 0. The van der Waals surface area contributed by atoms with Crippen molar-refractivity contribution in [3.8, 4) is 0 Å². The number of primary amides is 1. The molecule has 0 aromatic carbocycles. The molecule has 0 heterocycles. The average Bonchev–Trinajstić information content (AvgIpc) is 1.65. The first kappa shape index (κ1) is 10.6. The summed E-state index contributed by atoms with van der Waals surface area (Å²) in [5.74, 6) is -0.803. The maximum Gasteiger partial charge on any atom is 0.237 e. The highest BCUT2D eigenvalue weighted by atomic mass is 35.5. The van der Waals surface area contributed by atoms with Crippen molar-refractivity contribution < 1.29 is 9.18 Å². The fraction of sp³-hybridized carbons (Fsp3) is 0.667. The number of rotatable bonds is 2. The van der Waals surface area contributed by atoms with E-state index < -0.39 is 18.6 Å². The van der Waals surface area contributed by atoms with Crippen LogP contribution in [0.3, 0.4) is 0 Å². The summed E-state index contributed by atoms with van der Waals surface area (Å²) in [5.41, 5.74) is 9.31. The molecule has 0 saturated heterocycles. The minimum absolute atomic E-state index is 0. The van der Waals surface area contributed by atoms with Gasteiger partial charge in [0.25, 0.3) is 0 Å². The summed E-state index contributed by atoms with van der Waals surface area (Å²) in [4.78, 5) is 9.79. The fourth-order valence-electron chi connectivity index (χ4n) is 0.0760. The Morgan fingerprint density at radius 3 is 2.12 bits per heavy atom. The minimum atomic E-state index is -1.13. The van der Waals surface area contributed by atoms with Gasteiger partial charge in [-0.3, -0.25) is 4.79 Å². The van der Waals surface area contributed by atoms with Gasteiger partial charge in [0.05, 0.1) is 0 Å². The number of carbonyl (C=O) groups excluding carboxylic acids is 1. The molecule has 5 heteroatoms. The van der Waals surface area contributed by atoms with Gasteiger partial charge < -0.3 is 11.5 Å². The number of nitrogens with two attached hydrogens (primary N) is 2. The van der Waals surface area contributed by atoms with Crippen molar-refractivity contribution in [2.24, 2.45) is 11.5 Å². The highest BCUT2D eigenvalue weighted by Crippen LogP contribution is 1.74. The first-order valence-electron chi connectivity index (χ1n) is 1.79. The van der Waals surface area contributed by atoms with Gasteiger partial charge in [0.2, 0.25) is 5.91 Å². The van der Waals surface area contributed by atoms with Gasteiger partial charge in [-0.25, -0.2) is 4.39 Å². The van der Waals surface area contributed by atoms with Crippen LogP contribution in [0.5, 0.6) is 0 Å². The van der Waals surface area contributed by atoms with Gasteiger partial charge in [-0.05, 0) is 0 Å². The highest BCUT2D eigenvalue weighted by molar-refractivity contribution is 5.85. The fourth-order valence-corrected chi connectivity index (χ4v) is 0.0760. The Morgan fingerprint density at radius 1 is 1.75 bits per heavy atom. The molecule has 0 spiro atoms. The second kappa shape index (κ2) is 4.80. The molecule has 1 amide bonds. The molecule has 0 aliphatic rings. The Bertz CT molecular complexity index is 79.7. The predicted molar refractivity (Wildman–Crippen MR) is 30.4 cm³/mol. The van der Waals surface area contributed by atoms with Crippen molar-refractivity contribution in [1.82, 2.24) is 0 Å². The van der Waals surface area contributed by atoms with Crippen LogP contribution in [0.2, 0.25) is 0 Å². The van der Waals surface area contributed by atoms with Crippen LogP contribution in [0.25, 0.3) is 0 Å². The molecule has 0 aliphatic heterocycles. The Hall–Kier alpha value is -0.350. The second-order valence-electron chi connectivity index (χ2n) is 1.16. The molecule has 0 aromatic heterocycles. The summed E-state index contributed by atoms with van der Waals surface area (Å²) in [7, 11) is 0. The second-order valence-corrected chi connectivity index (χ2v) is 1.16. The number of halogens is 2. The molecule has 0 aliphatic carbocycles.